The number of hydrogen-bond donors (Lipinski definition) is 3. The fourth-order valence-corrected chi connectivity index (χ4v) is 3.21. The van der Waals surface area contributed by atoms with Gasteiger partial charge in [-0.05, 0) is 37.1 Å². The van der Waals surface area contributed by atoms with Crippen molar-refractivity contribution in [1.29, 1.82) is 5.26 Å². The number of amides is 1. The van der Waals surface area contributed by atoms with Crippen molar-refractivity contribution in [3.63, 3.8) is 0 Å². The first-order valence-electron chi connectivity index (χ1n) is 9.96. The number of fused-ring (bicyclic) bond motifs is 1. The zero-order valence-corrected chi connectivity index (χ0v) is 17.7. The molecule has 32 heavy (non-hydrogen) atoms. The molecule has 0 aliphatic rings. The Morgan fingerprint density at radius 2 is 2.03 bits per heavy atom. The van der Waals surface area contributed by atoms with Crippen LogP contribution in [-0.4, -0.2) is 41.7 Å². The number of carboxylic acid groups (broad SMARTS) is 1. The Hall–Kier alpha value is -4.25. The van der Waals surface area contributed by atoms with Gasteiger partial charge in [0.2, 0.25) is 0 Å². The highest BCUT2D eigenvalue weighted by atomic mass is 16.5. The molecule has 0 saturated heterocycles. The number of nitrogens with one attached hydrogen (secondary N) is 2. The van der Waals surface area contributed by atoms with Crippen molar-refractivity contribution in [1.82, 2.24) is 10.3 Å². The third-order valence-electron chi connectivity index (χ3n) is 4.89. The number of aliphatic carboxylic acids is 1. The van der Waals surface area contributed by atoms with E-state index in [-0.39, 0.29) is 11.3 Å². The fourth-order valence-electron chi connectivity index (χ4n) is 3.21. The molecule has 3 N–H and O–H groups in total. The first-order chi connectivity index (χ1) is 15.4. The fraction of sp³-hybridized carbons (Fsp3) is 0.208. The standard InChI is InChI=1S/C24H23N3O5/c1-15(24(29)30)32-22-16(6-5-9-21(22)31-2)12-18(13-25)23(28)26-11-10-17-14-27-20-8-4-3-7-19(17)20/h3-9,12,14-15,27H,10-11H2,1-2H3,(H,26,28)(H,29,30)/b18-12-. The van der Waals surface area contributed by atoms with E-state index in [1.54, 1.807) is 18.2 Å². The van der Waals surface area contributed by atoms with Crippen LogP contribution in [0.1, 0.15) is 18.1 Å². The number of nitrogens with zero attached hydrogens (tertiary/aromatic N) is 1. The van der Waals surface area contributed by atoms with E-state index in [9.17, 15) is 14.9 Å². The number of carboxylic acids is 1. The lowest BCUT2D eigenvalue weighted by atomic mass is 10.1. The summed E-state index contributed by atoms with van der Waals surface area (Å²) in [7, 11) is 1.42. The first kappa shape index (κ1) is 22.4. The van der Waals surface area contributed by atoms with Gasteiger partial charge in [-0.2, -0.15) is 5.26 Å². The quantitative estimate of drug-likeness (QED) is 0.351. The molecule has 0 saturated carbocycles. The summed E-state index contributed by atoms with van der Waals surface area (Å²) in [6.45, 7) is 1.72. The van der Waals surface area contributed by atoms with Gasteiger partial charge < -0.3 is 24.9 Å². The second-order valence-electron chi connectivity index (χ2n) is 7.01. The zero-order chi connectivity index (χ0) is 23.1. The smallest absolute Gasteiger partial charge is 0.344 e. The number of benzene rings is 2. The van der Waals surface area contributed by atoms with Crippen molar-refractivity contribution in [3.8, 4) is 17.6 Å². The van der Waals surface area contributed by atoms with E-state index < -0.39 is 18.0 Å². The van der Waals surface area contributed by atoms with Gasteiger partial charge in [0.25, 0.3) is 5.91 Å². The average Bonchev–Trinajstić information content (AvgIpc) is 3.21. The van der Waals surface area contributed by atoms with Crippen molar-refractivity contribution >= 4 is 28.9 Å². The molecule has 0 spiro atoms. The number of hydrogen-bond acceptors (Lipinski definition) is 5. The van der Waals surface area contributed by atoms with Crippen LogP contribution in [0.4, 0.5) is 0 Å². The highest BCUT2D eigenvalue weighted by molar-refractivity contribution is 6.02. The van der Waals surface area contributed by atoms with Gasteiger partial charge in [0.1, 0.15) is 11.6 Å². The maximum Gasteiger partial charge on any atom is 0.344 e. The number of para-hydroxylation sites is 2. The summed E-state index contributed by atoms with van der Waals surface area (Å²) < 4.78 is 10.8. The molecule has 1 unspecified atom stereocenters. The molecular formula is C24H23N3O5. The van der Waals surface area contributed by atoms with E-state index in [2.05, 4.69) is 10.3 Å². The predicted octanol–water partition coefficient (Wildman–Crippen LogP) is 3.29. The summed E-state index contributed by atoms with van der Waals surface area (Å²) >= 11 is 0. The summed E-state index contributed by atoms with van der Waals surface area (Å²) in [5, 5.41) is 22.5. The average molecular weight is 433 g/mol. The summed E-state index contributed by atoms with van der Waals surface area (Å²) in [6, 6.07) is 14.7. The molecule has 0 aliphatic carbocycles. The molecule has 8 heteroatoms. The minimum absolute atomic E-state index is 0.134. The highest BCUT2D eigenvalue weighted by Crippen LogP contribution is 2.33. The Morgan fingerprint density at radius 1 is 1.25 bits per heavy atom. The number of methoxy groups -OCH3 is 1. The Bertz CT molecular complexity index is 1210. The lowest BCUT2D eigenvalue weighted by Gasteiger charge is -2.16. The van der Waals surface area contributed by atoms with Crippen molar-refractivity contribution < 1.29 is 24.2 Å². The van der Waals surface area contributed by atoms with Gasteiger partial charge in [-0.1, -0.05) is 30.3 Å². The SMILES string of the molecule is COc1cccc(/C=C(/C#N)C(=O)NCCc2c[nH]c3ccccc23)c1OC(C)C(=O)O. The number of aromatic nitrogens is 1. The van der Waals surface area contributed by atoms with Gasteiger partial charge in [-0.25, -0.2) is 4.79 Å². The third kappa shape index (κ3) is 5.08. The van der Waals surface area contributed by atoms with Crippen LogP contribution in [0, 0.1) is 11.3 Å². The van der Waals surface area contributed by atoms with Crippen LogP contribution in [-0.2, 0) is 16.0 Å². The summed E-state index contributed by atoms with van der Waals surface area (Å²) in [5.41, 5.74) is 2.31. The topological polar surface area (TPSA) is 124 Å². The van der Waals surface area contributed by atoms with Crippen LogP contribution in [0.15, 0.2) is 54.2 Å². The van der Waals surface area contributed by atoms with Crippen molar-refractivity contribution in [2.75, 3.05) is 13.7 Å². The van der Waals surface area contributed by atoms with Crippen LogP contribution >= 0.6 is 0 Å². The minimum Gasteiger partial charge on any atom is -0.493 e. The molecule has 2 aromatic carbocycles. The van der Waals surface area contributed by atoms with E-state index in [0.29, 0.717) is 24.3 Å². The number of ether oxygens (including phenoxy) is 2. The number of aromatic amines is 1. The van der Waals surface area contributed by atoms with E-state index >= 15 is 0 Å². The highest BCUT2D eigenvalue weighted by Gasteiger charge is 2.19. The monoisotopic (exact) mass is 433 g/mol. The predicted molar refractivity (Wildman–Crippen MR) is 119 cm³/mol. The summed E-state index contributed by atoms with van der Waals surface area (Å²) in [5.74, 6) is -1.25. The van der Waals surface area contributed by atoms with Crippen LogP contribution in [0.25, 0.3) is 17.0 Å². The Kier molecular flexibility index (Phi) is 7.13. The number of carbonyl (C=O) groups excluding carboxylic acids is 1. The van der Waals surface area contributed by atoms with Gasteiger partial charge >= 0.3 is 5.97 Å². The maximum absolute atomic E-state index is 12.6. The molecule has 164 valence electrons. The van der Waals surface area contributed by atoms with Gasteiger partial charge in [-0.3, -0.25) is 4.79 Å². The number of carbonyl (C=O) groups is 2. The van der Waals surface area contributed by atoms with E-state index in [0.717, 1.165) is 16.5 Å². The third-order valence-corrected chi connectivity index (χ3v) is 4.89. The largest absolute Gasteiger partial charge is 0.493 e. The zero-order valence-electron chi connectivity index (χ0n) is 17.7. The van der Waals surface area contributed by atoms with Crippen LogP contribution in [0.5, 0.6) is 11.5 Å². The first-order valence-corrected chi connectivity index (χ1v) is 9.96. The van der Waals surface area contributed by atoms with Gasteiger partial charge in [0.15, 0.2) is 17.6 Å². The normalized spacial score (nSPS) is 12.1. The Morgan fingerprint density at radius 3 is 2.75 bits per heavy atom. The van der Waals surface area contributed by atoms with Crippen LogP contribution in [0.3, 0.4) is 0 Å². The van der Waals surface area contributed by atoms with E-state index in [1.807, 2.05) is 36.5 Å². The minimum atomic E-state index is -1.15. The van der Waals surface area contributed by atoms with Crippen molar-refractivity contribution in [2.45, 2.75) is 19.4 Å². The lowest BCUT2D eigenvalue weighted by molar-refractivity contribution is -0.144. The molecule has 0 radical (unpaired) electrons. The van der Waals surface area contributed by atoms with E-state index in [1.165, 1.54) is 20.1 Å². The molecule has 0 bridgehead atoms. The van der Waals surface area contributed by atoms with Crippen LogP contribution in [0.2, 0.25) is 0 Å². The lowest BCUT2D eigenvalue weighted by Crippen LogP contribution is -2.26. The second-order valence-corrected chi connectivity index (χ2v) is 7.01. The van der Waals surface area contributed by atoms with Crippen LogP contribution < -0.4 is 14.8 Å². The maximum atomic E-state index is 12.6. The Balaban J connectivity index is 1.75. The molecule has 1 atom stereocenters. The Labute approximate surface area is 185 Å². The molecule has 1 aromatic heterocycles. The summed E-state index contributed by atoms with van der Waals surface area (Å²) in [4.78, 5) is 27.0. The number of H-pyrrole nitrogens is 1. The van der Waals surface area contributed by atoms with Gasteiger partial charge in [0, 0.05) is 29.2 Å². The second kappa shape index (κ2) is 10.2. The molecule has 1 amide bonds. The molecular weight excluding hydrogens is 410 g/mol. The molecule has 8 nitrogen and oxygen atoms in total. The number of nitriles is 1. The molecule has 0 aliphatic heterocycles. The molecule has 1 heterocycles. The number of rotatable bonds is 9. The van der Waals surface area contributed by atoms with Crippen molar-refractivity contribution in [3.05, 3.63) is 65.4 Å². The van der Waals surface area contributed by atoms with Gasteiger partial charge in [-0.15, -0.1) is 0 Å². The summed E-state index contributed by atoms with van der Waals surface area (Å²) in [6.07, 6.45) is 2.71. The molecule has 0 fully saturated rings. The molecule has 3 aromatic rings. The molecule has 3 rings (SSSR count). The van der Waals surface area contributed by atoms with Crippen molar-refractivity contribution in [2.24, 2.45) is 0 Å². The van der Waals surface area contributed by atoms with Gasteiger partial charge in [0.05, 0.1) is 7.11 Å². The van der Waals surface area contributed by atoms with E-state index in [4.69, 9.17) is 14.6 Å².